The van der Waals surface area contributed by atoms with Gasteiger partial charge in [-0.3, -0.25) is 10.1 Å². The van der Waals surface area contributed by atoms with Crippen LogP contribution in [-0.4, -0.2) is 25.1 Å². The van der Waals surface area contributed by atoms with Gasteiger partial charge in [0, 0.05) is 38.8 Å². The Kier molecular flexibility index (Phi) is 5.78. The van der Waals surface area contributed by atoms with Gasteiger partial charge in [-0.2, -0.15) is 5.10 Å². The van der Waals surface area contributed by atoms with Crippen LogP contribution in [0.5, 0.6) is 0 Å². The minimum absolute atomic E-state index is 0.534. The fourth-order valence-electron chi connectivity index (χ4n) is 5.56. The molecule has 6 aromatic rings. The molecule has 0 atom stereocenters. The zero-order chi connectivity index (χ0) is 25.5. The highest BCUT2D eigenvalue weighted by Gasteiger charge is 2.18. The minimum atomic E-state index is 0.534. The first-order valence-electron chi connectivity index (χ1n) is 13.2. The summed E-state index contributed by atoms with van der Waals surface area (Å²) in [4.78, 5) is 14.3. The van der Waals surface area contributed by atoms with Crippen molar-refractivity contribution in [1.29, 1.82) is 0 Å². The summed E-state index contributed by atoms with van der Waals surface area (Å²) >= 11 is 1.75. The Morgan fingerprint density at radius 1 is 0.974 bits per heavy atom. The molecule has 5 aromatic heterocycles. The van der Waals surface area contributed by atoms with Crippen molar-refractivity contribution >= 4 is 39.0 Å². The van der Waals surface area contributed by atoms with Gasteiger partial charge in [0.25, 0.3) is 0 Å². The molecule has 0 saturated heterocycles. The number of H-pyrrole nitrogens is 2. The number of aromatic amines is 2. The zero-order valence-electron chi connectivity index (χ0n) is 21.0. The van der Waals surface area contributed by atoms with Gasteiger partial charge in [-0.25, -0.2) is 4.98 Å². The van der Waals surface area contributed by atoms with Gasteiger partial charge in [0.2, 0.25) is 0 Å². The average Bonchev–Trinajstić information content (AvgIpc) is 3.73. The van der Waals surface area contributed by atoms with E-state index in [0.29, 0.717) is 5.92 Å². The molecule has 7 rings (SSSR count). The van der Waals surface area contributed by atoms with Crippen molar-refractivity contribution in [2.75, 3.05) is 5.32 Å². The van der Waals surface area contributed by atoms with Crippen LogP contribution in [0.4, 0.5) is 5.69 Å². The van der Waals surface area contributed by atoms with Gasteiger partial charge in [-0.15, -0.1) is 11.3 Å². The third kappa shape index (κ3) is 4.19. The molecule has 0 aliphatic heterocycles. The summed E-state index contributed by atoms with van der Waals surface area (Å²) in [6, 6.07) is 18.9. The maximum Gasteiger partial charge on any atom is 0.135 e. The molecule has 188 valence electrons. The summed E-state index contributed by atoms with van der Waals surface area (Å²) in [5, 5.41) is 14.6. The van der Waals surface area contributed by atoms with Gasteiger partial charge in [0.1, 0.15) is 11.2 Å². The van der Waals surface area contributed by atoms with Crippen LogP contribution >= 0.6 is 11.3 Å². The highest BCUT2D eigenvalue weighted by molar-refractivity contribution is 7.13. The molecule has 0 spiro atoms. The maximum atomic E-state index is 5.03. The lowest BCUT2D eigenvalue weighted by Gasteiger charge is -2.24. The lowest BCUT2D eigenvalue weighted by molar-refractivity contribution is 0.405. The van der Waals surface area contributed by atoms with Crippen molar-refractivity contribution < 1.29 is 0 Å². The van der Waals surface area contributed by atoms with E-state index >= 15 is 0 Å². The molecule has 7 heteroatoms. The second-order valence-electron chi connectivity index (χ2n) is 10.0. The summed E-state index contributed by atoms with van der Waals surface area (Å²) in [7, 11) is 0. The van der Waals surface area contributed by atoms with Gasteiger partial charge < -0.3 is 10.3 Å². The number of hydrogen-bond acceptors (Lipinski definition) is 5. The monoisotopic (exact) mass is 516 g/mol. The Hall–Kier alpha value is -4.23. The van der Waals surface area contributed by atoms with Crippen LogP contribution in [-0.2, 0) is 0 Å². The maximum absolute atomic E-state index is 5.03. The number of nitrogens with one attached hydrogen (secondary N) is 3. The molecule has 0 bridgehead atoms. The summed E-state index contributed by atoms with van der Waals surface area (Å²) in [5.41, 5.74) is 9.63. The van der Waals surface area contributed by atoms with Crippen molar-refractivity contribution in [1.82, 2.24) is 25.1 Å². The number of benzene rings is 1. The lowest BCUT2D eigenvalue weighted by Crippen LogP contribution is -2.14. The quantitative estimate of drug-likeness (QED) is 0.208. The number of anilines is 1. The fraction of sp³-hybridized carbons (Fsp3) is 0.194. The van der Waals surface area contributed by atoms with E-state index in [1.807, 2.05) is 24.5 Å². The fourth-order valence-corrected chi connectivity index (χ4v) is 6.33. The number of fused-ring (bicyclic) bond motifs is 2. The minimum Gasteiger partial charge on any atom is -0.358 e. The second-order valence-corrected chi connectivity index (χ2v) is 11.0. The average molecular weight is 517 g/mol. The van der Waals surface area contributed by atoms with Crippen molar-refractivity contribution in [3.05, 3.63) is 84.6 Å². The Bertz CT molecular complexity index is 1750. The number of hydrogen-bond donors (Lipinski definition) is 3. The van der Waals surface area contributed by atoms with Gasteiger partial charge in [0.05, 0.1) is 28.8 Å². The summed E-state index contributed by atoms with van der Waals surface area (Å²) in [6.07, 6.45) is 10.0. The number of pyridine rings is 2. The first-order valence-corrected chi connectivity index (χ1v) is 14.0. The molecule has 1 fully saturated rings. The molecular formula is C31H28N6S. The molecule has 1 aromatic carbocycles. The largest absolute Gasteiger partial charge is 0.358 e. The molecule has 5 heterocycles. The van der Waals surface area contributed by atoms with Gasteiger partial charge in [-0.05, 0) is 60.5 Å². The van der Waals surface area contributed by atoms with E-state index in [0.717, 1.165) is 50.6 Å². The molecule has 6 nitrogen and oxygen atoms in total. The predicted octanol–water partition coefficient (Wildman–Crippen LogP) is 8.40. The first kappa shape index (κ1) is 22.9. The van der Waals surface area contributed by atoms with Crippen molar-refractivity contribution in [3.8, 4) is 33.1 Å². The van der Waals surface area contributed by atoms with E-state index in [4.69, 9.17) is 4.98 Å². The number of aromatic nitrogens is 5. The molecule has 0 unspecified atom stereocenters. The molecule has 1 saturated carbocycles. The summed E-state index contributed by atoms with van der Waals surface area (Å²) < 4.78 is 0. The standard InChI is InChI=1S/C31H28N6S/c1-19(20-7-3-2-4-8-20)33-22-15-21(17-32-18-22)25-12-13-27-30(35-25)31(37-36-27)28-16-24-23(29-11-6-14-38-29)9-5-10-26(24)34-28/h5-6,9-18,20,33-34H,1-4,7-8H2,(H,36,37). The van der Waals surface area contributed by atoms with Crippen LogP contribution in [0.2, 0.25) is 0 Å². The Balaban J connectivity index is 1.23. The Morgan fingerprint density at radius 2 is 1.89 bits per heavy atom. The van der Waals surface area contributed by atoms with Gasteiger partial charge >= 0.3 is 0 Å². The highest BCUT2D eigenvalue weighted by Crippen LogP contribution is 2.36. The van der Waals surface area contributed by atoms with Crippen LogP contribution in [0.1, 0.15) is 32.1 Å². The van der Waals surface area contributed by atoms with Crippen LogP contribution < -0.4 is 5.32 Å². The van der Waals surface area contributed by atoms with E-state index < -0.39 is 0 Å². The number of thiophene rings is 1. The van der Waals surface area contributed by atoms with Crippen molar-refractivity contribution in [3.63, 3.8) is 0 Å². The molecule has 38 heavy (non-hydrogen) atoms. The Labute approximate surface area is 224 Å². The molecule has 0 amide bonds. The summed E-state index contributed by atoms with van der Waals surface area (Å²) in [6.45, 7) is 4.33. The first-order chi connectivity index (χ1) is 18.7. The smallest absolute Gasteiger partial charge is 0.135 e. The van der Waals surface area contributed by atoms with Crippen molar-refractivity contribution in [2.24, 2.45) is 5.92 Å². The van der Waals surface area contributed by atoms with Gasteiger partial charge in [0.15, 0.2) is 0 Å². The second kappa shape index (κ2) is 9.58. The van der Waals surface area contributed by atoms with E-state index in [2.05, 4.69) is 79.9 Å². The number of allylic oxidation sites excluding steroid dienone is 1. The topological polar surface area (TPSA) is 82.3 Å². The lowest BCUT2D eigenvalue weighted by atomic mass is 9.87. The molecule has 1 aliphatic carbocycles. The normalized spacial score (nSPS) is 14.3. The predicted molar refractivity (Wildman–Crippen MR) is 157 cm³/mol. The summed E-state index contributed by atoms with van der Waals surface area (Å²) in [5.74, 6) is 0.534. The number of nitrogens with zero attached hydrogens (tertiary/aromatic N) is 3. The molecule has 3 N–H and O–H groups in total. The molecule has 1 aliphatic rings. The zero-order valence-corrected chi connectivity index (χ0v) is 21.8. The van der Waals surface area contributed by atoms with E-state index in [-0.39, 0.29) is 0 Å². The third-order valence-electron chi connectivity index (χ3n) is 7.55. The van der Waals surface area contributed by atoms with Crippen LogP contribution in [0.15, 0.2) is 84.6 Å². The molecular weight excluding hydrogens is 488 g/mol. The van der Waals surface area contributed by atoms with Crippen LogP contribution in [0.3, 0.4) is 0 Å². The highest BCUT2D eigenvalue weighted by atomic mass is 32.1. The van der Waals surface area contributed by atoms with E-state index in [1.165, 1.54) is 47.9 Å². The van der Waals surface area contributed by atoms with E-state index in [9.17, 15) is 0 Å². The van der Waals surface area contributed by atoms with Crippen molar-refractivity contribution in [2.45, 2.75) is 32.1 Å². The molecule has 0 radical (unpaired) electrons. The SMILES string of the molecule is C=C(Nc1cncc(-c2ccc3[nH]nc(-c4cc5c(-c6cccs6)cccc5[nH]4)c3n2)c1)C1CCCCC1. The number of rotatable bonds is 6. The third-order valence-corrected chi connectivity index (χ3v) is 8.45. The Morgan fingerprint density at radius 3 is 2.76 bits per heavy atom. The van der Waals surface area contributed by atoms with Crippen LogP contribution in [0.25, 0.3) is 55.0 Å². The van der Waals surface area contributed by atoms with Gasteiger partial charge in [-0.1, -0.05) is 44.0 Å². The van der Waals surface area contributed by atoms with E-state index in [1.54, 1.807) is 11.3 Å². The van der Waals surface area contributed by atoms with Crippen LogP contribution in [0, 0.1) is 5.92 Å².